The molecule has 0 bridgehead atoms. The maximum absolute atomic E-state index is 12.6. The van der Waals surface area contributed by atoms with Crippen molar-refractivity contribution in [3.8, 4) is 5.88 Å². The minimum atomic E-state index is -4.52. The number of likely N-dealkylation sites (N-methyl/N-ethyl adjacent to an activating group) is 1. The van der Waals surface area contributed by atoms with E-state index in [9.17, 15) is 18.0 Å². The molecule has 0 aliphatic heterocycles. The van der Waals surface area contributed by atoms with Gasteiger partial charge in [-0.1, -0.05) is 11.6 Å². The quantitative estimate of drug-likeness (QED) is 0.229. The summed E-state index contributed by atoms with van der Waals surface area (Å²) >= 11 is 5.80. The van der Waals surface area contributed by atoms with E-state index in [1.54, 1.807) is 11.9 Å². The number of aromatic nitrogens is 1. The first-order valence-electron chi connectivity index (χ1n) is 8.99. The lowest BCUT2D eigenvalue weighted by molar-refractivity contribution is -0.137. The predicted octanol–water partition coefficient (Wildman–Crippen LogP) is 3.56. The number of ether oxygens (including phenoxy) is 1. The van der Waals surface area contributed by atoms with Crippen molar-refractivity contribution >= 4 is 47.4 Å². The van der Waals surface area contributed by atoms with Crippen LogP contribution in [0.25, 0.3) is 0 Å². The first kappa shape index (κ1) is 28.5. The lowest BCUT2D eigenvalue weighted by Gasteiger charge is -2.25. The van der Waals surface area contributed by atoms with E-state index in [-0.39, 0.29) is 66.0 Å². The molecule has 0 radical (unpaired) electrons. The summed E-state index contributed by atoms with van der Waals surface area (Å²) in [7, 11) is 1.72. The number of nitrogens with one attached hydrogen (secondary N) is 2. The van der Waals surface area contributed by atoms with E-state index in [1.807, 2.05) is 27.7 Å². The molecule has 0 aliphatic rings. The maximum Gasteiger partial charge on any atom is 0.417 e. The number of rotatable bonds is 7. The van der Waals surface area contributed by atoms with E-state index in [2.05, 4.69) is 20.6 Å². The highest BCUT2D eigenvalue weighted by molar-refractivity contribution is 14.0. The Morgan fingerprint density at radius 1 is 1.33 bits per heavy atom. The van der Waals surface area contributed by atoms with Crippen molar-refractivity contribution < 1.29 is 22.7 Å². The van der Waals surface area contributed by atoms with Crippen LogP contribution in [0.2, 0.25) is 5.02 Å². The second-order valence-electron chi connectivity index (χ2n) is 7.25. The van der Waals surface area contributed by atoms with Crippen LogP contribution in [-0.2, 0) is 11.0 Å². The Kier molecular flexibility index (Phi) is 11.8. The van der Waals surface area contributed by atoms with Gasteiger partial charge in [-0.05, 0) is 33.8 Å². The maximum atomic E-state index is 12.6. The van der Waals surface area contributed by atoms with E-state index >= 15 is 0 Å². The zero-order valence-corrected chi connectivity index (χ0v) is 20.6. The molecule has 0 spiro atoms. The Morgan fingerprint density at radius 3 is 2.47 bits per heavy atom. The molecule has 172 valence electrons. The average molecular weight is 566 g/mol. The Hall–Kier alpha value is -1.50. The molecule has 0 atom stereocenters. The summed E-state index contributed by atoms with van der Waals surface area (Å²) in [5.74, 6) is 0.243. The summed E-state index contributed by atoms with van der Waals surface area (Å²) in [6.45, 7) is 8.50. The Bertz CT molecular complexity index is 727. The standard InChI is InChI=1S/C18H27ClF3N5O2.HI/c1-6-23-16(27(5)11-14(28)26-17(2,3)4)24-7-8-29-15-13(19)9-12(10-25-15)18(20,21)22;/h9-10H,6-8,11H2,1-5H3,(H,23,24)(H,26,28);1H. The molecule has 2 N–H and O–H groups in total. The first-order valence-corrected chi connectivity index (χ1v) is 9.37. The molecule has 0 saturated heterocycles. The van der Waals surface area contributed by atoms with Crippen molar-refractivity contribution in [2.45, 2.75) is 39.4 Å². The van der Waals surface area contributed by atoms with Crippen LogP contribution in [0.1, 0.15) is 33.3 Å². The van der Waals surface area contributed by atoms with Crippen molar-refractivity contribution in [1.29, 1.82) is 0 Å². The number of carbonyl (C=O) groups is 1. The number of carbonyl (C=O) groups excluding carboxylic acids is 1. The highest BCUT2D eigenvalue weighted by Gasteiger charge is 2.31. The van der Waals surface area contributed by atoms with E-state index in [0.29, 0.717) is 18.7 Å². The van der Waals surface area contributed by atoms with Gasteiger partial charge in [0.15, 0.2) is 5.96 Å². The monoisotopic (exact) mass is 565 g/mol. The van der Waals surface area contributed by atoms with Gasteiger partial charge in [-0.2, -0.15) is 13.2 Å². The third-order valence-corrected chi connectivity index (χ3v) is 3.59. The Labute approximate surface area is 196 Å². The number of alkyl halides is 3. The number of amides is 1. The molecule has 1 rings (SSSR count). The zero-order chi connectivity index (χ0) is 22.2. The van der Waals surface area contributed by atoms with Crippen molar-refractivity contribution in [1.82, 2.24) is 20.5 Å². The van der Waals surface area contributed by atoms with Gasteiger partial charge in [0, 0.05) is 25.3 Å². The Balaban J connectivity index is 0.00000841. The lowest BCUT2D eigenvalue weighted by Crippen LogP contribution is -2.48. The second-order valence-corrected chi connectivity index (χ2v) is 7.65. The van der Waals surface area contributed by atoms with Crippen LogP contribution in [0.4, 0.5) is 13.2 Å². The fraction of sp³-hybridized carbons (Fsp3) is 0.611. The number of hydrogen-bond acceptors (Lipinski definition) is 4. The first-order chi connectivity index (χ1) is 13.3. The topological polar surface area (TPSA) is 78.9 Å². The average Bonchev–Trinajstić information content (AvgIpc) is 2.55. The van der Waals surface area contributed by atoms with Crippen LogP contribution in [0.3, 0.4) is 0 Å². The minimum Gasteiger partial charge on any atom is -0.475 e. The molecule has 0 saturated carbocycles. The normalized spacial score (nSPS) is 12.1. The van der Waals surface area contributed by atoms with Crippen LogP contribution in [-0.4, -0.2) is 60.6 Å². The van der Waals surface area contributed by atoms with Gasteiger partial charge in [0.05, 0.1) is 18.7 Å². The second kappa shape index (κ2) is 12.4. The van der Waals surface area contributed by atoms with Crippen LogP contribution in [0.15, 0.2) is 17.3 Å². The van der Waals surface area contributed by atoms with Gasteiger partial charge in [0.1, 0.15) is 11.6 Å². The zero-order valence-electron chi connectivity index (χ0n) is 17.6. The van der Waals surface area contributed by atoms with Crippen LogP contribution in [0, 0.1) is 0 Å². The highest BCUT2D eigenvalue weighted by atomic mass is 127. The van der Waals surface area contributed by atoms with Crippen molar-refractivity contribution in [2.75, 3.05) is 33.3 Å². The molecule has 0 fully saturated rings. The summed E-state index contributed by atoms with van der Waals surface area (Å²) in [5.41, 5.74) is -1.28. The minimum absolute atomic E-state index is 0. The highest BCUT2D eigenvalue weighted by Crippen LogP contribution is 2.32. The van der Waals surface area contributed by atoms with E-state index < -0.39 is 11.7 Å². The molecule has 0 aromatic carbocycles. The third-order valence-electron chi connectivity index (χ3n) is 3.32. The number of aliphatic imine (C=N–C) groups is 1. The number of pyridine rings is 1. The van der Waals surface area contributed by atoms with Crippen LogP contribution < -0.4 is 15.4 Å². The van der Waals surface area contributed by atoms with E-state index in [1.165, 1.54) is 0 Å². The summed E-state index contributed by atoms with van der Waals surface area (Å²) in [6, 6.07) is 0.763. The SMILES string of the molecule is CCNC(=NCCOc1ncc(C(F)(F)F)cc1Cl)N(C)CC(=O)NC(C)(C)C.I. The van der Waals surface area contributed by atoms with Crippen molar-refractivity contribution in [2.24, 2.45) is 4.99 Å². The Morgan fingerprint density at radius 2 is 1.97 bits per heavy atom. The molecule has 30 heavy (non-hydrogen) atoms. The molecule has 1 amide bonds. The smallest absolute Gasteiger partial charge is 0.417 e. The molecule has 0 unspecified atom stereocenters. The van der Waals surface area contributed by atoms with Crippen LogP contribution >= 0.6 is 35.6 Å². The number of nitrogens with zero attached hydrogens (tertiary/aromatic N) is 3. The van der Waals surface area contributed by atoms with Crippen molar-refractivity contribution in [3.63, 3.8) is 0 Å². The van der Waals surface area contributed by atoms with Crippen LogP contribution in [0.5, 0.6) is 5.88 Å². The summed E-state index contributed by atoms with van der Waals surface area (Å²) < 4.78 is 43.2. The molecule has 7 nitrogen and oxygen atoms in total. The number of halogens is 5. The molecule has 1 aromatic heterocycles. The third kappa shape index (κ3) is 10.5. The van der Waals surface area contributed by atoms with Gasteiger partial charge in [0.2, 0.25) is 11.8 Å². The summed E-state index contributed by atoms with van der Waals surface area (Å²) in [5, 5.41) is 5.69. The molecular formula is C18H28ClF3IN5O2. The molecule has 12 heteroatoms. The molecular weight excluding hydrogens is 538 g/mol. The van der Waals surface area contributed by atoms with E-state index in [4.69, 9.17) is 16.3 Å². The van der Waals surface area contributed by atoms with Gasteiger partial charge in [-0.3, -0.25) is 4.79 Å². The van der Waals surface area contributed by atoms with Crippen molar-refractivity contribution in [3.05, 3.63) is 22.8 Å². The fourth-order valence-corrected chi connectivity index (χ4v) is 2.42. The van der Waals surface area contributed by atoms with Gasteiger partial charge < -0.3 is 20.3 Å². The van der Waals surface area contributed by atoms with Gasteiger partial charge in [-0.25, -0.2) is 9.98 Å². The molecule has 0 aliphatic carbocycles. The summed E-state index contributed by atoms with van der Waals surface area (Å²) in [6.07, 6.45) is -3.86. The molecule has 1 aromatic rings. The predicted molar refractivity (Wildman–Crippen MR) is 122 cm³/mol. The number of guanidine groups is 1. The number of hydrogen-bond donors (Lipinski definition) is 2. The fourth-order valence-electron chi connectivity index (χ4n) is 2.20. The lowest BCUT2D eigenvalue weighted by atomic mass is 10.1. The summed E-state index contributed by atoms with van der Waals surface area (Å²) in [4.78, 5) is 21.7. The van der Waals surface area contributed by atoms with E-state index in [0.717, 1.165) is 6.07 Å². The largest absolute Gasteiger partial charge is 0.475 e. The molecule has 1 heterocycles. The van der Waals surface area contributed by atoms with Gasteiger partial charge in [0.25, 0.3) is 0 Å². The van der Waals surface area contributed by atoms with Gasteiger partial charge in [-0.15, -0.1) is 24.0 Å². The van der Waals surface area contributed by atoms with Gasteiger partial charge >= 0.3 is 6.18 Å².